The van der Waals surface area contributed by atoms with Crippen LogP contribution in [0.25, 0.3) is 5.82 Å². The van der Waals surface area contributed by atoms with Gasteiger partial charge in [0.1, 0.15) is 11.6 Å². The minimum atomic E-state index is -0.298. The number of amides is 1. The number of benzene rings is 1. The molecule has 3 heterocycles. The third kappa shape index (κ3) is 3.65. The standard InChI is InChI=1S/C21H22FN5O/c1-2-19-24-9-11-27(19)20-14-23-13-17(25-20)18-4-3-10-26(18)21(28)12-15-5-7-16(22)8-6-15/h5-9,11,13-14,18H,2-4,10,12H2,1H3. The lowest BCUT2D eigenvalue weighted by Crippen LogP contribution is -2.32. The summed E-state index contributed by atoms with van der Waals surface area (Å²) in [6.07, 6.45) is 9.91. The largest absolute Gasteiger partial charge is 0.334 e. The predicted molar refractivity (Wildman–Crippen MR) is 102 cm³/mol. The molecule has 3 aromatic rings. The maximum absolute atomic E-state index is 13.1. The van der Waals surface area contributed by atoms with Gasteiger partial charge >= 0.3 is 0 Å². The van der Waals surface area contributed by atoms with Crippen LogP contribution >= 0.6 is 0 Å². The second-order valence-electron chi connectivity index (χ2n) is 6.92. The van der Waals surface area contributed by atoms with Crippen molar-refractivity contribution in [3.05, 3.63) is 72.0 Å². The van der Waals surface area contributed by atoms with Gasteiger partial charge in [-0.25, -0.2) is 14.4 Å². The Hall–Kier alpha value is -3.09. The lowest BCUT2D eigenvalue weighted by atomic mass is 10.1. The summed E-state index contributed by atoms with van der Waals surface area (Å²) >= 11 is 0. The molecule has 0 aliphatic carbocycles. The first-order valence-corrected chi connectivity index (χ1v) is 9.54. The van der Waals surface area contributed by atoms with Gasteiger partial charge in [0, 0.05) is 25.4 Å². The Morgan fingerprint density at radius 3 is 2.86 bits per heavy atom. The third-order valence-corrected chi connectivity index (χ3v) is 5.10. The average Bonchev–Trinajstić information content (AvgIpc) is 3.39. The quantitative estimate of drug-likeness (QED) is 0.683. The van der Waals surface area contributed by atoms with Gasteiger partial charge in [0.05, 0.1) is 30.6 Å². The van der Waals surface area contributed by atoms with Gasteiger partial charge in [-0.15, -0.1) is 0 Å². The molecule has 7 heteroatoms. The van der Waals surface area contributed by atoms with Crippen molar-refractivity contribution in [2.75, 3.05) is 6.54 Å². The van der Waals surface area contributed by atoms with Gasteiger partial charge in [0.15, 0.2) is 5.82 Å². The van der Waals surface area contributed by atoms with E-state index in [4.69, 9.17) is 4.98 Å². The van der Waals surface area contributed by atoms with Crippen molar-refractivity contribution < 1.29 is 9.18 Å². The number of imidazole rings is 1. The van der Waals surface area contributed by atoms with Crippen molar-refractivity contribution in [1.29, 1.82) is 0 Å². The number of hydrogen-bond donors (Lipinski definition) is 0. The fourth-order valence-corrected chi connectivity index (χ4v) is 3.70. The van der Waals surface area contributed by atoms with Crippen LogP contribution in [-0.4, -0.2) is 36.9 Å². The Labute approximate surface area is 163 Å². The first-order valence-electron chi connectivity index (χ1n) is 9.54. The Balaban J connectivity index is 1.55. The molecule has 6 nitrogen and oxygen atoms in total. The highest BCUT2D eigenvalue weighted by Gasteiger charge is 2.31. The smallest absolute Gasteiger partial charge is 0.227 e. The molecule has 1 aromatic carbocycles. The first-order chi connectivity index (χ1) is 13.7. The maximum Gasteiger partial charge on any atom is 0.227 e. The lowest BCUT2D eigenvalue weighted by Gasteiger charge is -2.24. The van der Waals surface area contributed by atoms with Crippen molar-refractivity contribution in [2.24, 2.45) is 0 Å². The predicted octanol–water partition coefficient (Wildman–Crippen LogP) is 3.27. The summed E-state index contributed by atoms with van der Waals surface area (Å²) in [6.45, 7) is 2.74. The summed E-state index contributed by atoms with van der Waals surface area (Å²) in [5.41, 5.74) is 1.60. The molecule has 144 valence electrons. The second kappa shape index (κ2) is 7.88. The summed E-state index contributed by atoms with van der Waals surface area (Å²) in [6, 6.07) is 5.99. The van der Waals surface area contributed by atoms with Crippen LogP contribution in [0.1, 0.15) is 42.9 Å². The second-order valence-corrected chi connectivity index (χ2v) is 6.92. The highest BCUT2D eigenvalue weighted by molar-refractivity contribution is 5.79. The van der Waals surface area contributed by atoms with Crippen molar-refractivity contribution in [2.45, 2.75) is 38.6 Å². The monoisotopic (exact) mass is 379 g/mol. The molecule has 1 amide bonds. The fraction of sp³-hybridized carbons (Fsp3) is 0.333. The summed E-state index contributed by atoms with van der Waals surface area (Å²) < 4.78 is 15.0. The number of hydrogen-bond acceptors (Lipinski definition) is 4. The number of carbonyl (C=O) groups is 1. The highest BCUT2D eigenvalue weighted by atomic mass is 19.1. The minimum absolute atomic E-state index is 0.0261. The molecular formula is C21H22FN5O. The molecule has 1 saturated heterocycles. The summed E-state index contributed by atoms with van der Waals surface area (Å²) in [5, 5.41) is 0. The van der Waals surface area contributed by atoms with Crippen LogP contribution in [-0.2, 0) is 17.6 Å². The van der Waals surface area contributed by atoms with Crippen molar-refractivity contribution in [1.82, 2.24) is 24.4 Å². The number of aryl methyl sites for hydroxylation is 1. The van der Waals surface area contributed by atoms with E-state index in [1.165, 1.54) is 12.1 Å². The molecular weight excluding hydrogens is 357 g/mol. The molecule has 0 N–H and O–H groups in total. The van der Waals surface area contributed by atoms with Crippen molar-refractivity contribution in [3.63, 3.8) is 0 Å². The van der Waals surface area contributed by atoms with Crippen LogP contribution in [0.5, 0.6) is 0 Å². The van der Waals surface area contributed by atoms with Crippen LogP contribution in [0.3, 0.4) is 0 Å². The molecule has 0 bridgehead atoms. The topological polar surface area (TPSA) is 63.9 Å². The van der Waals surface area contributed by atoms with E-state index in [2.05, 4.69) is 9.97 Å². The maximum atomic E-state index is 13.1. The fourth-order valence-electron chi connectivity index (χ4n) is 3.70. The van der Waals surface area contributed by atoms with Crippen LogP contribution in [0.15, 0.2) is 49.1 Å². The molecule has 1 unspecified atom stereocenters. The van der Waals surface area contributed by atoms with Gasteiger partial charge in [0.25, 0.3) is 0 Å². The molecule has 1 aliphatic heterocycles. The van der Waals surface area contributed by atoms with Gasteiger partial charge in [-0.3, -0.25) is 14.3 Å². The number of nitrogens with zero attached hydrogens (tertiary/aromatic N) is 5. The zero-order chi connectivity index (χ0) is 19.5. The molecule has 0 spiro atoms. The van der Waals surface area contributed by atoms with Crippen LogP contribution in [0.4, 0.5) is 4.39 Å². The Morgan fingerprint density at radius 2 is 2.07 bits per heavy atom. The van der Waals surface area contributed by atoms with Crippen LogP contribution in [0.2, 0.25) is 0 Å². The Bertz CT molecular complexity index is 969. The van der Waals surface area contributed by atoms with Gasteiger partial charge < -0.3 is 4.90 Å². The normalized spacial score (nSPS) is 16.5. The molecule has 1 aliphatic rings. The van der Waals surface area contributed by atoms with Gasteiger partial charge in [-0.05, 0) is 30.5 Å². The molecule has 2 aromatic heterocycles. The Morgan fingerprint density at radius 1 is 1.25 bits per heavy atom. The van der Waals surface area contributed by atoms with E-state index in [-0.39, 0.29) is 24.2 Å². The van der Waals surface area contributed by atoms with E-state index in [0.717, 1.165) is 36.3 Å². The van der Waals surface area contributed by atoms with E-state index in [9.17, 15) is 9.18 Å². The average molecular weight is 379 g/mol. The molecule has 1 fully saturated rings. The summed E-state index contributed by atoms with van der Waals surface area (Å²) in [4.78, 5) is 28.2. The zero-order valence-corrected chi connectivity index (χ0v) is 15.8. The van der Waals surface area contributed by atoms with Gasteiger partial charge in [-0.2, -0.15) is 0 Å². The molecule has 0 saturated carbocycles. The van der Waals surface area contributed by atoms with Gasteiger partial charge in [0.2, 0.25) is 5.91 Å². The lowest BCUT2D eigenvalue weighted by molar-refractivity contribution is -0.131. The van der Waals surface area contributed by atoms with Gasteiger partial charge in [-0.1, -0.05) is 19.1 Å². The van der Waals surface area contributed by atoms with Crippen LogP contribution < -0.4 is 0 Å². The molecule has 0 radical (unpaired) electrons. The number of halogens is 1. The third-order valence-electron chi connectivity index (χ3n) is 5.10. The SMILES string of the molecule is CCc1nccn1-c1cncc(C2CCCN2C(=O)Cc2ccc(F)cc2)n1. The van der Waals surface area contributed by atoms with E-state index in [0.29, 0.717) is 12.4 Å². The number of rotatable bonds is 5. The van der Waals surface area contributed by atoms with Crippen LogP contribution in [0, 0.1) is 5.82 Å². The number of likely N-dealkylation sites (tertiary alicyclic amines) is 1. The molecule has 28 heavy (non-hydrogen) atoms. The van der Waals surface area contributed by atoms with E-state index >= 15 is 0 Å². The van der Waals surface area contributed by atoms with E-state index in [1.54, 1.807) is 30.7 Å². The molecule has 1 atom stereocenters. The first kappa shape index (κ1) is 18.3. The summed E-state index contributed by atoms with van der Waals surface area (Å²) in [7, 11) is 0. The number of aromatic nitrogens is 4. The zero-order valence-electron chi connectivity index (χ0n) is 15.8. The Kier molecular flexibility index (Phi) is 5.14. The van der Waals surface area contributed by atoms with Crippen molar-refractivity contribution in [3.8, 4) is 5.82 Å². The van der Waals surface area contributed by atoms with Crippen molar-refractivity contribution >= 4 is 5.91 Å². The molecule has 4 rings (SSSR count). The number of carbonyl (C=O) groups excluding carboxylic acids is 1. The minimum Gasteiger partial charge on any atom is -0.334 e. The van der Waals surface area contributed by atoms with E-state index < -0.39 is 0 Å². The van der Waals surface area contributed by atoms with E-state index in [1.807, 2.05) is 22.6 Å². The highest BCUT2D eigenvalue weighted by Crippen LogP contribution is 2.31. The summed E-state index contributed by atoms with van der Waals surface area (Å²) in [5.74, 6) is 1.36.